The molecule has 1 aromatic carbocycles. The second kappa shape index (κ2) is 7.43. The summed E-state index contributed by atoms with van der Waals surface area (Å²) < 4.78 is 13.9. The Hall–Kier alpha value is -2.43. The molecule has 1 aromatic heterocycles. The predicted octanol–water partition coefficient (Wildman–Crippen LogP) is 2.81. The number of benzene rings is 1. The zero-order valence-corrected chi connectivity index (χ0v) is 13.9. The molecule has 3 rings (SSSR count). The molecule has 0 N–H and O–H groups in total. The van der Waals surface area contributed by atoms with Crippen LogP contribution in [-0.2, 0) is 11.2 Å². The third kappa shape index (κ3) is 3.91. The summed E-state index contributed by atoms with van der Waals surface area (Å²) in [4.78, 5) is 20.2. The lowest BCUT2D eigenvalue weighted by Crippen LogP contribution is -2.36. The Kier molecular flexibility index (Phi) is 5.08. The van der Waals surface area contributed by atoms with Crippen LogP contribution in [0.3, 0.4) is 0 Å². The van der Waals surface area contributed by atoms with E-state index in [0.717, 1.165) is 24.1 Å². The molecular weight excluding hydrogens is 305 g/mol. The first kappa shape index (κ1) is 16.4. The van der Waals surface area contributed by atoms with Gasteiger partial charge in [-0.3, -0.25) is 9.78 Å². The van der Waals surface area contributed by atoms with Crippen LogP contribution in [0, 0.1) is 12.7 Å². The first-order valence-corrected chi connectivity index (χ1v) is 8.31. The van der Waals surface area contributed by atoms with Crippen LogP contribution in [0.15, 0.2) is 42.7 Å². The Bertz CT molecular complexity index is 719. The molecule has 0 atom stereocenters. The highest BCUT2D eigenvalue weighted by Gasteiger charge is 2.20. The van der Waals surface area contributed by atoms with Crippen molar-refractivity contribution in [1.82, 2.24) is 9.88 Å². The van der Waals surface area contributed by atoms with E-state index in [1.54, 1.807) is 12.3 Å². The van der Waals surface area contributed by atoms with Gasteiger partial charge in [0.2, 0.25) is 5.91 Å². The molecule has 0 radical (unpaired) electrons. The number of halogens is 1. The van der Waals surface area contributed by atoms with Gasteiger partial charge in [-0.25, -0.2) is 4.39 Å². The van der Waals surface area contributed by atoms with Crippen molar-refractivity contribution in [3.05, 3.63) is 59.7 Å². The zero-order chi connectivity index (χ0) is 16.9. The number of anilines is 1. The highest BCUT2D eigenvalue weighted by Crippen LogP contribution is 2.19. The minimum Gasteiger partial charge on any atom is -0.367 e. The molecular formula is C19H22FN3O. The van der Waals surface area contributed by atoms with Crippen LogP contribution in [0.4, 0.5) is 10.1 Å². The summed E-state index contributed by atoms with van der Waals surface area (Å²) in [5, 5.41) is 0. The maximum atomic E-state index is 13.9. The maximum Gasteiger partial charge on any atom is 0.227 e. The summed E-state index contributed by atoms with van der Waals surface area (Å²) in [5.74, 6) is -0.172. The van der Waals surface area contributed by atoms with Gasteiger partial charge in [0.05, 0.1) is 18.3 Å². The molecule has 1 aliphatic heterocycles. The number of carbonyl (C=O) groups is 1. The van der Waals surface area contributed by atoms with Crippen LogP contribution < -0.4 is 4.90 Å². The zero-order valence-electron chi connectivity index (χ0n) is 13.9. The fourth-order valence-electron chi connectivity index (χ4n) is 3.14. The van der Waals surface area contributed by atoms with E-state index in [4.69, 9.17) is 0 Å². The largest absolute Gasteiger partial charge is 0.367 e. The standard InChI is InChI=1S/C19H22FN3O/c1-15-4-2-5-16(12-15)13-19(24)23-9-3-8-22(10-11-23)18-6-7-21-14-17(18)20/h2,4-7,12,14H,3,8-11,13H2,1H3. The molecule has 1 aliphatic rings. The van der Waals surface area contributed by atoms with Crippen LogP contribution in [0.2, 0.25) is 0 Å². The summed E-state index contributed by atoms with van der Waals surface area (Å²) in [6, 6.07) is 9.74. The van der Waals surface area contributed by atoms with E-state index in [0.29, 0.717) is 31.7 Å². The molecule has 2 aromatic rings. The molecule has 0 bridgehead atoms. The van der Waals surface area contributed by atoms with Crippen molar-refractivity contribution in [3.8, 4) is 0 Å². The van der Waals surface area contributed by atoms with Crippen molar-refractivity contribution in [2.24, 2.45) is 0 Å². The SMILES string of the molecule is Cc1cccc(CC(=O)N2CCCN(c3ccncc3F)CC2)c1. The van der Waals surface area contributed by atoms with Crippen molar-refractivity contribution < 1.29 is 9.18 Å². The molecule has 5 heteroatoms. The average molecular weight is 327 g/mol. The Morgan fingerprint density at radius 2 is 2.08 bits per heavy atom. The summed E-state index contributed by atoms with van der Waals surface area (Å²) in [6.07, 6.45) is 4.09. The summed E-state index contributed by atoms with van der Waals surface area (Å²) >= 11 is 0. The first-order valence-electron chi connectivity index (χ1n) is 8.31. The number of nitrogens with zero attached hydrogens (tertiary/aromatic N) is 3. The van der Waals surface area contributed by atoms with Crippen molar-refractivity contribution in [3.63, 3.8) is 0 Å². The van der Waals surface area contributed by atoms with Crippen molar-refractivity contribution in [1.29, 1.82) is 0 Å². The molecule has 24 heavy (non-hydrogen) atoms. The maximum absolute atomic E-state index is 13.9. The fraction of sp³-hybridized carbons (Fsp3) is 0.368. The highest BCUT2D eigenvalue weighted by molar-refractivity contribution is 5.79. The molecule has 1 amide bonds. The number of hydrogen-bond donors (Lipinski definition) is 0. The molecule has 0 saturated carbocycles. The van der Waals surface area contributed by atoms with Crippen molar-refractivity contribution >= 4 is 11.6 Å². The summed E-state index contributed by atoms with van der Waals surface area (Å²) in [6.45, 7) is 4.75. The number of aromatic nitrogens is 1. The van der Waals surface area contributed by atoms with E-state index in [1.165, 1.54) is 6.20 Å². The van der Waals surface area contributed by atoms with Crippen molar-refractivity contribution in [2.75, 3.05) is 31.1 Å². The van der Waals surface area contributed by atoms with E-state index in [1.807, 2.05) is 41.0 Å². The van der Waals surface area contributed by atoms with E-state index in [9.17, 15) is 9.18 Å². The van der Waals surface area contributed by atoms with Gasteiger partial charge >= 0.3 is 0 Å². The van der Waals surface area contributed by atoms with Gasteiger partial charge in [-0.05, 0) is 25.0 Å². The van der Waals surface area contributed by atoms with Crippen LogP contribution >= 0.6 is 0 Å². The Balaban J connectivity index is 1.63. The number of amides is 1. The quantitative estimate of drug-likeness (QED) is 0.870. The lowest BCUT2D eigenvalue weighted by molar-refractivity contribution is -0.130. The molecule has 1 saturated heterocycles. The molecule has 1 fully saturated rings. The topological polar surface area (TPSA) is 36.4 Å². The second-order valence-electron chi connectivity index (χ2n) is 6.21. The Labute approximate surface area is 141 Å². The van der Waals surface area contributed by atoms with E-state index in [2.05, 4.69) is 4.98 Å². The number of aryl methyl sites for hydroxylation is 1. The monoisotopic (exact) mass is 327 g/mol. The van der Waals surface area contributed by atoms with Crippen molar-refractivity contribution in [2.45, 2.75) is 19.8 Å². The number of pyridine rings is 1. The third-order valence-corrected chi connectivity index (χ3v) is 4.38. The number of hydrogen-bond acceptors (Lipinski definition) is 3. The van der Waals surface area contributed by atoms with Gasteiger partial charge in [0.15, 0.2) is 5.82 Å². The summed E-state index contributed by atoms with van der Waals surface area (Å²) in [5.41, 5.74) is 2.77. The van der Waals surface area contributed by atoms with Crippen LogP contribution in [-0.4, -0.2) is 42.0 Å². The highest BCUT2D eigenvalue weighted by atomic mass is 19.1. The van der Waals surface area contributed by atoms with Gasteiger partial charge in [-0.1, -0.05) is 29.8 Å². The van der Waals surface area contributed by atoms with Crippen LogP contribution in [0.1, 0.15) is 17.5 Å². The van der Waals surface area contributed by atoms with Gasteiger partial charge in [0.1, 0.15) is 0 Å². The average Bonchev–Trinajstić information content (AvgIpc) is 2.81. The van der Waals surface area contributed by atoms with Gasteiger partial charge in [0.25, 0.3) is 0 Å². The van der Waals surface area contributed by atoms with Gasteiger partial charge in [0, 0.05) is 32.4 Å². The molecule has 4 nitrogen and oxygen atoms in total. The number of carbonyl (C=O) groups excluding carboxylic acids is 1. The lowest BCUT2D eigenvalue weighted by Gasteiger charge is -2.24. The number of rotatable bonds is 3. The van der Waals surface area contributed by atoms with Crippen LogP contribution in [0.5, 0.6) is 0 Å². The Morgan fingerprint density at radius 3 is 2.88 bits per heavy atom. The van der Waals surface area contributed by atoms with E-state index >= 15 is 0 Å². The second-order valence-corrected chi connectivity index (χ2v) is 6.21. The normalized spacial score (nSPS) is 15.2. The smallest absolute Gasteiger partial charge is 0.227 e. The Morgan fingerprint density at radius 1 is 1.21 bits per heavy atom. The van der Waals surface area contributed by atoms with Gasteiger partial charge < -0.3 is 9.80 Å². The van der Waals surface area contributed by atoms with Gasteiger partial charge in [-0.15, -0.1) is 0 Å². The molecule has 2 heterocycles. The lowest BCUT2D eigenvalue weighted by atomic mass is 10.1. The third-order valence-electron chi connectivity index (χ3n) is 4.38. The molecule has 126 valence electrons. The van der Waals surface area contributed by atoms with E-state index < -0.39 is 0 Å². The predicted molar refractivity (Wildman–Crippen MR) is 92.5 cm³/mol. The first-order chi connectivity index (χ1) is 11.6. The molecule has 0 aliphatic carbocycles. The minimum absolute atomic E-state index is 0.137. The molecule has 0 unspecified atom stereocenters. The fourth-order valence-corrected chi connectivity index (χ4v) is 3.14. The van der Waals surface area contributed by atoms with Gasteiger partial charge in [-0.2, -0.15) is 0 Å². The summed E-state index contributed by atoms with van der Waals surface area (Å²) in [7, 11) is 0. The van der Waals surface area contributed by atoms with Crippen LogP contribution in [0.25, 0.3) is 0 Å². The minimum atomic E-state index is -0.308. The molecule has 0 spiro atoms. The van der Waals surface area contributed by atoms with E-state index in [-0.39, 0.29) is 11.7 Å².